The van der Waals surface area contributed by atoms with Crippen LogP contribution in [0.25, 0.3) is 0 Å². The summed E-state index contributed by atoms with van der Waals surface area (Å²) < 4.78 is 4.93. The van der Waals surface area contributed by atoms with Gasteiger partial charge in [-0.1, -0.05) is 0 Å². The van der Waals surface area contributed by atoms with E-state index in [1.165, 1.54) is 0 Å². The van der Waals surface area contributed by atoms with Crippen LogP contribution >= 0.6 is 0 Å². The zero-order valence-electron chi connectivity index (χ0n) is 10.7. The van der Waals surface area contributed by atoms with Gasteiger partial charge in [-0.25, -0.2) is 9.97 Å². The molecule has 1 fully saturated rings. The topological polar surface area (TPSA) is 61.7 Å². The van der Waals surface area contributed by atoms with Gasteiger partial charge in [-0.15, -0.1) is 0 Å². The van der Waals surface area contributed by atoms with Crippen molar-refractivity contribution in [1.82, 2.24) is 14.9 Å². The molecule has 1 saturated heterocycles. The second kappa shape index (κ2) is 6.63. The number of methoxy groups -OCH3 is 1. The first kappa shape index (κ1) is 13.2. The number of ether oxygens (including phenoxy) is 1. The predicted molar refractivity (Wildman–Crippen MR) is 68.6 cm³/mol. The SMILES string of the molecule is COCC(O)CN1CCN(c2ncccn2)CC1. The molecule has 0 amide bonds. The van der Waals surface area contributed by atoms with Gasteiger partial charge >= 0.3 is 0 Å². The molecule has 6 nitrogen and oxygen atoms in total. The molecule has 0 saturated carbocycles. The van der Waals surface area contributed by atoms with Crippen molar-refractivity contribution in [2.24, 2.45) is 0 Å². The van der Waals surface area contributed by atoms with Crippen LogP contribution in [-0.2, 0) is 4.74 Å². The van der Waals surface area contributed by atoms with Crippen LogP contribution < -0.4 is 4.90 Å². The summed E-state index contributed by atoms with van der Waals surface area (Å²) in [7, 11) is 1.61. The van der Waals surface area contributed by atoms with E-state index in [1.54, 1.807) is 19.5 Å². The Morgan fingerprint density at radius 2 is 1.94 bits per heavy atom. The van der Waals surface area contributed by atoms with Gasteiger partial charge in [0, 0.05) is 52.2 Å². The largest absolute Gasteiger partial charge is 0.389 e. The van der Waals surface area contributed by atoms with Crippen molar-refractivity contribution in [2.75, 3.05) is 51.3 Å². The molecule has 1 aromatic heterocycles. The molecular weight excluding hydrogens is 232 g/mol. The predicted octanol–water partition coefficient (Wildman–Crippen LogP) is -0.394. The highest BCUT2D eigenvalue weighted by atomic mass is 16.5. The van der Waals surface area contributed by atoms with Crippen molar-refractivity contribution >= 4 is 5.95 Å². The van der Waals surface area contributed by atoms with Crippen LogP contribution in [0.15, 0.2) is 18.5 Å². The third-order valence-corrected chi connectivity index (χ3v) is 3.04. The van der Waals surface area contributed by atoms with Crippen LogP contribution in [-0.4, -0.2) is 72.5 Å². The number of piperazine rings is 1. The van der Waals surface area contributed by atoms with Crippen molar-refractivity contribution < 1.29 is 9.84 Å². The number of β-amino-alcohol motifs (C(OH)–C–C–N with tert-alkyl or cyclic N) is 1. The lowest BCUT2D eigenvalue weighted by atomic mass is 10.2. The maximum atomic E-state index is 9.68. The summed E-state index contributed by atoms with van der Waals surface area (Å²) in [5, 5.41) is 9.68. The molecule has 0 radical (unpaired) electrons. The highest BCUT2D eigenvalue weighted by molar-refractivity contribution is 5.29. The fourth-order valence-electron chi connectivity index (χ4n) is 2.13. The summed E-state index contributed by atoms with van der Waals surface area (Å²) in [6, 6.07) is 1.82. The molecule has 0 spiro atoms. The van der Waals surface area contributed by atoms with Crippen molar-refractivity contribution in [1.29, 1.82) is 0 Å². The van der Waals surface area contributed by atoms with E-state index in [0.29, 0.717) is 13.2 Å². The summed E-state index contributed by atoms with van der Waals surface area (Å²) in [4.78, 5) is 12.9. The molecule has 0 bridgehead atoms. The number of aliphatic hydroxyl groups excluding tert-OH is 1. The number of aliphatic hydroxyl groups is 1. The van der Waals surface area contributed by atoms with Crippen LogP contribution in [0.3, 0.4) is 0 Å². The van der Waals surface area contributed by atoms with E-state index in [9.17, 15) is 5.11 Å². The van der Waals surface area contributed by atoms with E-state index in [0.717, 1.165) is 32.1 Å². The number of rotatable bonds is 5. The average molecular weight is 252 g/mol. The molecule has 1 atom stereocenters. The van der Waals surface area contributed by atoms with E-state index in [-0.39, 0.29) is 0 Å². The number of aromatic nitrogens is 2. The van der Waals surface area contributed by atoms with Crippen molar-refractivity contribution in [2.45, 2.75) is 6.10 Å². The molecule has 1 unspecified atom stereocenters. The molecule has 1 aliphatic rings. The van der Waals surface area contributed by atoms with Crippen LogP contribution in [0.5, 0.6) is 0 Å². The van der Waals surface area contributed by atoms with Gasteiger partial charge in [0.15, 0.2) is 0 Å². The molecule has 100 valence electrons. The second-order valence-electron chi connectivity index (χ2n) is 4.45. The van der Waals surface area contributed by atoms with Gasteiger partial charge in [0.1, 0.15) is 0 Å². The maximum absolute atomic E-state index is 9.68. The van der Waals surface area contributed by atoms with Gasteiger partial charge in [-0.05, 0) is 6.07 Å². The smallest absolute Gasteiger partial charge is 0.225 e. The highest BCUT2D eigenvalue weighted by Crippen LogP contribution is 2.09. The minimum absolute atomic E-state index is 0.391. The Labute approximate surface area is 107 Å². The number of anilines is 1. The first-order valence-electron chi connectivity index (χ1n) is 6.21. The number of nitrogens with zero attached hydrogens (tertiary/aromatic N) is 4. The van der Waals surface area contributed by atoms with Crippen LogP contribution in [0.4, 0.5) is 5.95 Å². The van der Waals surface area contributed by atoms with Gasteiger partial charge in [-0.3, -0.25) is 4.90 Å². The molecule has 2 heterocycles. The Morgan fingerprint density at radius 1 is 1.28 bits per heavy atom. The number of hydrogen-bond acceptors (Lipinski definition) is 6. The van der Waals surface area contributed by atoms with Crippen LogP contribution in [0.2, 0.25) is 0 Å². The Hall–Kier alpha value is -1.24. The molecule has 1 aromatic rings. The quantitative estimate of drug-likeness (QED) is 0.770. The zero-order chi connectivity index (χ0) is 12.8. The van der Waals surface area contributed by atoms with Gasteiger partial charge < -0.3 is 14.7 Å². The molecule has 1 aliphatic heterocycles. The zero-order valence-corrected chi connectivity index (χ0v) is 10.7. The van der Waals surface area contributed by atoms with Crippen LogP contribution in [0.1, 0.15) is 0 Å². The molecule has 2 rings (SSSR count). The van der Waals surface area contributed by atoms with E-state index < -0.39 is 6.10 Å². The summed E-state index contributed by atoms with van der Waals surface area (Å²) >= 11 is 0. The Balaban J connectivity index is 1.78. The maximum Gasteiger partial charge on any atom is 0.225 e. The summed E-state index contributed by atoms with van der Waals surface area (Å²) in [5.41, 5.74) is 0. The summed E-state index contributed by atoms with van der Waals surface area (Å²) in [5.74, 6) is 0.787. The lowest BCUT2D eigenvalue weighted by molar-refractivity contribution is 0.0364. The van der Waals surface area contributed by atoms with Crippen molar-refractivity contribution in [3.63, 3.8) is 0 Å². The van der Waals surface area contributed by atoms with E-state index in [2.05, 4.69) is 19.8 Å². The third-order valence-electron chi connectivity index (χ3n) is 3.04. The fraction of sp³-hybridized carbons (Fsp3) is 0.667. The lowest BCUT2D eigenvalue weighted by Crippen LogP contribution is -2.49. The van der Waals surface area contributed by atoms with Crippen LogP contribution in [0, 0.1) is 0 Å². The lowest BCUT2D eigenvalue weighted by Gasteiger charge is -2.35. The molecule has 0 aromatic carbocycles. The molecule has 18 heavy (non-hydrogen) atoms. The van der Waals surface area contributed by atoms with Gasteiger partial charge in [0.2, 0.25) is 5.95 Å². The monoisotopic (exact) mass is 252 g/mol. The highest BCUT2D eigenvalue weighted by Gasteiger charge is 2.20. The Morgan fingerprint density at radius 3 is 2.56 bits per heavy atom. The van der Waals surface area contributed by atoms with Gasteiger partial charge in [0.25, 0.3) is 0 Å². The molecule has 1 N–H and O–H groups in total. The van der Waals surface area contributed by atoms with E-state index in [4.69, 9.17) is 4.74 Å². The van der Waals surface area contributed by atoms with Crippen molar-refractivity contribution in [3.8, 4) is 0 Å². The minimum atomic E-state index is -0.408. The first-order chi connectivity index (χ1) is 8.79. The summed E-state index contributed by atoms with van der Waals surface area (Å²) in [6.45, 7) is 4.67. The average Bonchev–Trinajstić information content (AvgIpc) is 2.41. The molecule has 0 aliphatic carbocycles. The second-order valence-corrected chi connectivity index (χ2v) is 4.45. The standard InChI is InChI=1S/C12H20N4O2/c1-18-10-11(17)9-15-5-7-16(8-6-15)12-13-3-2-4-14-12/h2-4,11,17H,5-10H2,1H3. The summed E-state index contributed by atoms with van der Waals surface area (Å²) in [6.07, 6.45) is 3.11. The normalized spacial score (nSPS) is 18.9. The first-order valence-corrected chi connectivity index (χ1v) is 6.21. The fourth-order valence-corrected chi connectivity index (χ4v) is 2.13. The molecular formula is C12H20N4O2. The van der Waals surface area contributed by atoms with Crippen molar-refractivity contribution in [3.05, 3.63) is 18.5 Å². The van der Waals surface area contributed by atoms with Gasteiger partial charge in [-0.2, -0.15) is 0 Å². The Kier molecular flexibility index (Phi) is 4.86. The van der Waals surface area contributed by atoms with E-state index in [1.807, 2.05) is 6.07 Å². The minimum Gasteiger partial charge on any atom is -0.389 e. The van der Waals surface area contributed by atoms with E-state index >= 15 is 0 Å². The molecule has 6 heteroatoms. The Bertz CT molecular complexity index is 341. The van der Waals surface area contributed by atoms with Gasteiger partial charge in [0.05, 0.1) is 12.7 Å². The number of hydrogen-bond donors (Lipinski definition) is 1. The third kappa shape index (κ3) is 3.63.